The van der Waals surface area contributed by atoms with Crippen LogP contribution in [0.3, 0.4) is 0 Å². The third kappa shape index (κ3) is 4.99. The summed E-state index contributed by atoms with van der Waals surface area (Å²) < 4.78 is 0. The molecule has 0 saturated heterocycles. The van der Waals surface area contributed by atoms with Gasteiger partial charge in [0.1, 0.15) is 0 Å². The molecular formula is C8H18OS2. The molecule has 0 saturated carbocycles. The van der Waals surface area contributed by atoms with E-state index >= 15 is 0 Å². The number of aliphatic hydroxyl groups is 1. The highest BCUT2D eigenvalue weighted by Gasteiger charge is 2.15. The third-order valence-electron chi connectivity index (χ3n) is 1.79. The number of thioether (sulfide) groups is 1. The molecule has 0 fully saturated rings. The molecule has 3 heteroatoms. The molecule has 0 aliphatic carbocycles. The molecule has 4 atom stereocenters. The van der Waals surface area contributed by atoms with Crippen LogP contribution in [0.4, 0.5) is 0 Å². The molecule has 0 bridgehead atoms. The number of hydrogen-bond acceptors (Lipinski definition) is 3. The van der Waals surface area contributed by atoms with Crippen molar-refractivity contribution in [3.63, 3.8) is 0 Å². The van der Waals surface area contributed by atoms with Crippen molar-refractivity contribution in [1.29, 1.82) is 0 Å². The minimum atomic E-state index is -0.227. The van der Waals surface area contributed by atoms with Crippen molar-refractivity contribution in [2.45, 2.75) is 49.5 Å². The number of rotatable bonds is 4. The molecule has 1 nitrogen and oxygen atoms in total. The van der Waals surface area contributed by atoms with Crippen LogP contribution in [0.1, 0.15) is 27.7 Å². The Balaban J connectivity index is 3.66. The van der Waals surface area contributed by atoms with Crippen molar-refractivity contribution in [2.75, 3.05) is 0 Å². The normalized spacial score (nSPS) is 22.4. The first-order valence-corrected chi connectivity index (χ1v) is 5.42. The van der Waals surface area contributed by atoms with E-state index < -0.39 is 0 Å². The lowest BCUT2D eigenvalue weighted by Gasteiger charge is -2.21. The van der Waals surface area contributed by atoms with Gasteiger partial charge < -0.3 is 5.11 Å². The molecule has 68 valence electrons. The predicted molar refractivity (Wildman–Crippen MR) is 56.6 cm³/mol. The Morgan fingerprint density at radius 3 is 1.82 bits per heavy atom. The molecule has 0 aromatic heterocycles. The highest BCUT2D eigenvalue weighted by Crippen LogP contribution is 2.24. The van der Waals surface area contributed by atoms with Gasteiger partial charge in [-0.3, -0.25) is 0 Å². The molecule has 0 unspecified atom stereocenters. The summed E-state index contributed by atoms with van der Waals surface area (Å²) in [6.07, 6.45) is -0.227. The topological polar surface area (TPSA) is 20.2 Å². The summed E-state index contributed by atoms with van der Waals surface area (Å²) >= 11 is 6.12. The molecule has 0 spiro atoms. The molecule has 0 rings (SSSR count). The maximum absolute atomic E-state index is 9.21. The van der Waals surface area contributed by atoms with Crippen LogP contribution in [0.2, 0.25) is 0 Å². The lowest BCUT2D eigenvalue weighted by atomic mass is 10.3. The molecule has 0 aliphatic rings. The second-order valence-corrected chi connectivity index (χ2v) is 5.60. The first-order chi connectivity index (χ1) is 4.95. The maximum Gasteiger partial charge on any atom is 0.0628 e. The highest BCUT2D eigenvalue weighted by atomic mass is 32.2. The van der Waals surface area contributed by atoms with Crippen LogP contribution in [0, 0.1) is 0 Å². The van der Waals surface area contributed by atoms with Gasteiger partial charge in [-0.25, -0.2) is 0 Å². The Labute approximate surface area is 79.4 Å². The van der Waals surface area contributed by atoms with E-state index in [9.17, 15) is 5.11 Å². The Morgan fingerprint density at radius 1 is 1.09 bits per heavy atom. The fourth-order valence-corrected chi connectivity index (χ4v) is 1.91. The van der Waals surface area contributed by atoms with Crippen LogP contribution in [0.5, 0.6) is 0 Å². The average Bonchev–Trinajstić information content (AvgIpc) is 1.87. The molecule has 0 radical (unpaired) electrons. The van der Waals surface area contributed by atoms with E-state index in [1.807, 2.05) is 13.8 Å². The van der Waals surface area contributed by atoms with Crippen LogP contribution >= 0.6 is 24.4 Å². The Morgan fingerprint density at radius 2 is 1.55 bits per heavy atom. The fourth-order valence-electron chi connectivity index (χ4n) is 0.566. The van der Waals surface area contributed by atoms with Gasteiger partial charge >= 0.3 is 0 Å². The van der Waals surface area contributed by atoms with E-state index in [4.69, 9.17) is 0 Å². The number of thiol groups is 1. The monoisotopic (exact) mass is 194 g/mol. The van der Waals surface area contributed by atoms with Crippen molar-refractivity contribution in [1.82, 2.24) is 0 Å². The lowest BCUT2D eigenvalue weighted by Crippen LogP contribution is -2.21. The summed E-state index contributed by atoms with van der Waals surface area (Å²) in [7, 11) is 0. The smallest absolute Gasteiger partial charge is 0.0628 e. The number of hydrogen-bond donors (Lipinski definition) is 2. The summed E-state index contributed by atoms with van der Waals surface area (Å²) in [6, 6.07) is 0. The standard InChI is InChI=1S/C8H18OS2/c1-5(9)7(3)11-8(4)6(2)10/h5-10H,1-4H3/t5-,6-,7-,8+/m1/s1. The highest BCUT2D eigenvalue weighted by molar-refractivity contribution is 8.01. The maximum atomic E-state index is 9.21. The molecule has 0 amide bonds. The first-order valence-electron chi connectivity index (χ1n) is 3.96. The van der Waals surface area contributed by atoms with Gasteiger partial charge in [-0.2, -0.15) is 24.4 Å². The second kappa shape index (κ2) is 5.33. The van der Waals surface area contributed by atoms with Crippen LogP contribution in [-0.2, 0) is 0 Å². The summed E-state index contributed by atoms with van der Waals surface area (Å²) in [5, 5.41) is 10.4. The van der Waals surface area contributed by atoms with Crippen LogP contribution in [0.15, 0.2) is 0 Å². The van der Waals surface area contributed by atoms with Gasteiger partial charge in [0.2, 0.25) is 0 Å². The van der Waals surface area contributed by atoms with Crippen molar-refractivity contribution in [3.8, 4) is 0 Å². The van der Waals surface area contributed by atoms with Gasteiger partial charge in [0.05, 0.1) is 6.10 Å². The summed E-state index contributed by atoms with van der Waals surface area (Å²) in [6.45, 7) is 8.09. The quantitative estimate of drug-likeness (QED) is 0.669. The zero-order valence-electron chi connectivity index (χ0n) is 7.61. The first kappa shape index (κ1) is 11.7. The third-order valence-corrected chi connectivity index (χ3v) is 4.10. The van der Waals surface area contributed by atoms with Crippen LogP contribution in [-0.4, -0.2) is 27.0 Å². The summed E-state index contributed by atoms with van der Waals surface area (Å²) in [5.74, 6) is 0. The van der Waals surface area contributed by atoms with Crippen LogP contribution < -0.4 is 0 Å². The van der Waals surface area contributed by atoms with Crippen molar-refractivity contribution < 1.29 is 5.11 Å². The molecule has 0 aromatic rings. The van der Waals surface area contributed by atoms with Crippen molar-refractivity contribution in [2.24, 2.45) is 0 Å². The zero-order chi connectivity index (χ0) is 9.02. The van der Waals surface area contributed by atoms with Gasteiger partial charge in [0, 0.05) is 15.7 Å². The molecule has 0 aromatic carbocycles. The average molecular weight is 194 g/mol. The predicted octanol–water partition coefficient (Wildman–Crippen LogP) is 2.20. The van der Waals surface area contributed by atoms with Gasteiger partial charge in [0.15, 0.2) is 0 Å². The summed E-state index contributed by atoms with van der Waals surface area (Å²) in [4.78, 5) is 0. The van der Waals surface area contributed by atoms with Crippen LogP contribution in [0.25, 0.3) is 0 Å². The molecule has 11 heavy (non-hydrogen) atoms. The SMILES string of the molecule is C[C@H](S[C@H](C)[C@@H](C)O)[C@@H](C)S. The van der Waals surface area contributed by atoms with Gasteiger partial charge in [-0.05, 0) is 6.92 Å². The van der Waals surface area contributed by atoms with E-state index in [1.165, 1.54) is 0 Å². The zero-order valence-corrected chi connectivity index (χ0v) is 9.32. The van der Waals surface area contributed by atoms with E-state index in [0.29, 0.717) is 15.7 Å². The van der Waals surface area contributed by atoms with E-state index in [2.05, 4.69) is 26.5 Å². The van der Waals surface area contributed by atoms with Crippen molar-refractivity contribution >= 4 is 24.4 Å². The molecule has 0 heterocycles. The molecule has 0 aliphatic heterocycles. The van der Waals surface area contributed by atoms with E-state index in [1.54, 1.807) is 11.8 Å². The van der Waals surface area contributed by atoms with Gasteiger partial charge in [0.25, 0.3) is 0 Å². The molecule has 1 N–H and O–H groups in total. The van der Waals surface area contributed by atoms with E-state index in [0.717, 1.165) is 0 Å². The summed E-state index contributed by atoms with van der Waals surface area (Å²) in [5.41, 5.74) is 0. The Kier molecular flexibility index (Phi) is 5.65. The van der Waals surface area contributed by atoms with E-state index in [-0.39, 0.29) is 6.10 Å². The Hall–Kier alpha value is 0.660. The fraction of sp³-hybridized carbons (Fsp3) is 1.00. The minimum Gasteiger partial charge on any atom is -0.392 e. The molecular weight excluding hydrogens is 176 g/mol. The lowest BCUT2D eigenvalue weighted by molar-refractivity contribution is 0.196. The minimum absolute atomic E-state index is 0.227. The largest absolute Gasteiger partial charge is 0.392 e. The number of aliphatic hydroxyl groups excluding tert-OH is 1. The van der Waals surface area contributed by atoms with Gasteiger partial charge in [-0.1, -0.05) is 20.8 Å². The van der Waals surface area contributed by atoms with Gasteiger partial charge in [-0.15, -0.1) is 0 Å². The van der Waals surface area contributed by atoms with Crippen molar-refractivity contribution in [3.05, 3.63) is 0 Å². The Bertz CT molecular complexity index is 92.3. The second-order valence-electron chi connectivity index (χ2n) is 3.03.